The van der Waals surface area contributed by atoms with Crippen LogP contribution >= 0.6 is 0 Å². The number of rotatable bonds is 3. The van der Waals surface area contributed by atoms with Gasteiger partial charge in [-0.1, -0.05) is 18.2 Å². The second-order valence-electron chi connectivity index (χ2n) is 4.66. The van der Waals surface area contributed by atoms with Crippen molar-refractivity contribution in [1.82, 2.24) is 9.55 Å². The lowest BCUT2D eigenvalue weighted by Gasteiger charge is -2.09. The molecule has 0 saturated carbocycles. The van der Waals surface area contributed by atoms with Crippen molar-refractivity contribution >= 4 is 10.9 Å². The number of pyridine rings is 1. The van der Waals surface area contributed by atoms with E-state index in [2.05, 4.69) is 33.9 Å². The van der Waals surface area contributed by atoms with Crippen LogP contribution in [0.4, 0.5) is 0 Å². The average molecular weight is 262 g/mol. The quantitative estimate of drug-likeness (QED) is 0.788. The fourth-order valence-corrected chi connectivity index (χ4v) is 2.47. The van der Waals surface area contributed by atoms with Gasteiger partial charge in [0.2, 0.25) is 0 Å². The number of fused-ring (bicyclic) bond motifs is 1. The Morgan fingerprint density at radius 1 is 1.25 bits per heavy atom. The standard InChI is InChI=1S/C16H14N4/c17-9-14-3-1-2-13-5-7-20(16(13)14)11-12-4-6-19-15(8-12)10-18/h1-8H,9,11,17H2. The van der Waals surface area contributed by atoms with E-state index in [1.165, 1.54) is 5.39 Å². The molecule has 20 heavy (non-hydrogen) atoms. The molecular weight excluding hydrogens is 248 g/mol. The van der Waals surface area contributed by atoms with E-state index < -0.39 is 0 Å². The van der Waals surface area contributed by atoms with Crippen LogP contribution in [0.3, 0.4) is 0 Å². The first-order valence-electron chi connectivity index (χ1n) is 6.43. The molecule has 4 nitrogen and oxygen atoms in total. The third kappa shape index (κ3) is 2.15. The molecule has 1 aromatic carbocycles. The molecule has 0 fully saturated rings. The molecule has 0 radical (unpaired) electrons. The highest BCUT2D eigenvalue weighted by atomic mass is 15.0. The van der Waals surface area contributed by atoms with Gasteiger partial charge in [0.1, 0.15) is 11.8 Å². The largest absolute Gasteiger partial charge is 0.343 e. The van der Waals surface area contributed by atoms with E-state index >= 15 is 0 Å². The molecule has 98 valence electrons. The maximum atomic E-state index is 8.91. The van der Waals surface area contributed by atoms with Crippen LogP contribution in [-0.2, 0) is 13.1 Å². The van der Waals surface area contributed by atoms with E-state index in [0.717, 1.165) is 16.6 Å². The molecule has 2 N–H and O–H groups in total. The van der Waals surface area contributed by atoms with Gasteiger partial charge in [0, 0.05) is 25.5 Å². The van der Waals surface area contributed by atoms with Crippen LogP contribution in [0, 0.1) is 11.3 Å². The third-order valence-corrected chi connectivity index (χ3v) is 3.38. The Labute approximate surface area is 117 Å². The van der Waals surface area contributed by atoms with E-state index in [1.54, 1.807) is 6.20 Å². The summed E-state index contributed by atoms with van der Waals surface area (Å²) >= 11 is 0. The van der Waals surface area contributed by atoms with Crippen LogP contribution in [0.25, 0.3) is 10.9 Å². The van der Waals surface area contributed by atoms with E-state index in [1.807, 2.05) is 24.3 Å². The molecule has 3 aromatic rings. The normalized spacial score (nSPS) is 10.6. The summed E-state index contributed by atoms with van der Waals surface area (Å²) in [6.07, 6.45) is 3.72. The fraction of sp³-hybridized carbons (Fsp3) is 0.125. The van der Waals surface area contributed by atoms with Gasteiger partial charge in [0.25, 0.3) is 0 Å². The first-order valence-corrected chi connectivity index (χ1v) is 6.43. The minimum Gasteiger partial charge on any atom is -0.343 e. The molecule has 2 heterocycles. The van der Waals surface area contributed by atoms with Crippen LogP contribution in [0.15, 0.2) is 48.8 Å². The molecule has 0 unspecified atom stereocenters. The van der Waals surface area contributed by atoms with Crippen molar-refractivity contribution in [3.8, 4) is 6.07 Å². The lowest BCUT2D eigenvalue weighted by molar-refractivity contribution is 0.827. The van der Waals surface area contributed by atoms with Gasteiger partial charge in [-0.25, -0.2) is 4.98 Å². The molecule has 0 aliphatic carbocycles. The smallest absolute Gasteiger partial charge is 0.140 e. The van der Waals surface area contributed by atoms with Crippen LogP contribution in [-0.4, -0.2) is 9.55 Å². The molecule has 2 aromatic heterocycles. The van der Waals surface area contributed by atoms with Crippen LogP contribution in [0.2, 0.25) is 0 Å². The lowest BCUT2D eigenvalue weighted by Crippen LogP contribution is -2.03. The van der Waals surface area contributed by atoms with Gasteiger partial charge in [-0.05, 0) is 34.7 Å². The van der Waals surface area contributed by atoms with E-state index in [0.29, 0.717) is 18.8 Å². The Kier molecular flexibility index (Phi) is 3.20. The van der Waals surface area contributed by atoms with Crippen molar-refractivity contribution in [2.24, 2.45) is 5.73 Å². The van der Waals surface area contributed by atoms with Crippen molar-refractivity contribution in [3.63, 3.8) is 0 Å². The van der Waals surface area contributed by atoms with Crippen molar-refractivity contribution in [2.75, 3.05) is 0 Å². The molecule has 0 saturated heterocycles. The molecule has 0 atom stereocenters. The Morgan fingerprint density at radius 3 is 2.95 bits per heavy atom. The second-order valence-corrected chi connectivity index (χ2v) is 4.66. The average Bonchev–Trinajstić information content (AvgIpc) is 2.90. The zero-order valence-electron chi connectivity index (χ0n) is 11.0. The summed E-state index contributed by atoms with van der Waals surface area (Å²) < 4.78 is 2.16. The summed E-state index contributed by atoms with van der Waals surface area (Å²) in [6, 6.07) is 14.0. The Morgan fingerprint density at radius 2 is 2.15 bits per heavy atom. The number of hydrogen-bond acceptors (Lipinski definition) is 3. The number of nitrogens with zero attached hydrogens (tertiary/aromatic N) is 3. The number of benzene rings is 1. The molecule has 0 bridgehead atoms. The van der Waals surface area contributed by atoms with Gasteiger partial charge in [-0.2, -0.15) is 5.26 Å². The summed E-state index contributed by atoms with van der Waals surface area (Å²) in [5, 5.41) is 10.1. The monoisotopic (exact) mass is 262 g/mol. The maximum absolute atomic E-state index is 8.91. The summed E-state index contributed by atoms with van der Waals surface area (Å²) in [5.74, 6) is 0. The van der Waals surface area contributed by atoms with E-state index in [4.69, 9.17) is 11.0 Å². The first kappa shape index (κ1) is 12.4. The molecule has 0 aliphatic rings. The van der Waals surface area contributed by atoms with Gasteiger partial charge in [0.15, 0.2) is 0 Å². The number of hydrogen-bond donors (Lipinski definition) is 1. The number of nitrogens with two attached hydrogens (primary N) is 1. The van der Waals surface area contributed by atoms with Gasteiger partial charge in [-0.3, -0.25) is 0 Å². The van der Waals surface area contributed by atoms with E-state index in [9.17, 15) is 0 Å². The molecule has 0 amide bonds. The molecule has 0 spiro atoms. The number of nitriles is 1. The first-order chi connectivity index (χ1) is 9.81. The predicted octanol–water partition coefficient (Wildman–Crippen LogP) is 2.41. The van der Waals surface area contributed by atoms with Gasteiger partial charge in [0.05, 0.1) is 5.52 Å². The van der Waals surface area contributed by atoms with Crippen LogP contribution in [0.1, 0.15) is 16.8 Å². The zero-order chi connectivity index (χ0) is 13.9. The molecular formula is C16H14N4. The summed E-state index contributed by atoms with van der Waals surface area (Å²) in [6.45, 7) is 1.22. The predicted molar refractivity (Wildman–Crippen MR) is 77.9 cm³/mol. The van der Waals surface area contributed by atoms with Gasteiger partial charge in [-0.15, -0.1) is 0 Å². The fourth-order valence-electron chi connectivity index (χ4n) is 2.47. The van der Waals surface area contributed by atoms with Gasteiger partial charge >= 0.3 is 0 Å². The molecule has 0 aliphatic heterocycles. The number of aromatic nitrogens is 2. The van der Waals surface area contributed by atoms with E-state index in [-0.39, 0.29) is 0 Å². The minimum absolute atomic E-state index is 0.443. The van der Waals surface area contributed by atoms with Crippen molar-refractivity contribution in [1.29, 1.82) is 5.26 Å². The van der Waals surface area contributed by atoms with Gasteiger partial charge < -0.3 is 10.3 Å². The van der Waals surface area contributed by atoms with Crippen molar-refractivity contribution in [3.05, 3.63) is 65.6 Å². The summed E-state index contributed by atoms with van der Waals surface area (Å²) in [5.41, 5.74) is 9.60. The maximum Gasteiger partial charge on any atom is 0.140 e. The van der Waals surface area contributed by atoms with Crippen LogP contribution < -0.4 is 5.73 Å². The molecule has 4 heteroatoms. The highest BCUT2D eigenvalue weighted by molar-refractivity contribution is 5.83. The summed E-state index contributed by atoms with van der Waals surface area (Å²) in [4.78, 5) is 3.99. The zero-order valence-corrected chi connectivity index (χ0v) is 11.0. The molecule has 3 rings (SSSR count). The second kappa shape index (κ2) is 5.16. The summed E-state index contributed by atoms with van der Waals surface area (Å²) in [7, 11) is 0. The Hall–Kier alpha value is -2.64. The SMILES string of the molecule is N#Cc1cc(Cn2ccc3cccc(CN)c32)ccn1. The highest BCUT2D eigenvalue weighted by Crippen LogP contribution is 2.21. The topological polar surface area (TPSA) is 67.6 Å². The van der Waals surface area contributed by atoms with Crippen LogP contribution in [0.5, 0.6) is 0 Å². The highest BCUT2D eigenvalue weighted by Gasteiger charge is 2.06. The minimum atomic E-state index is 0.443. The number of para-hydroxylation sites is 1. The lowest BCUT2D eigenvalue weighted by atomic mass is 10.1. The Bertz CT molecular complexity index is 796. The third-order valence-electron chi connectivity index (χ3n) is 3.38. The Balaban J connectivity index is 2.05. The van der Waals surface area contributed by atoms with Crippen molar-refractivity contribution in [2.45, 2.75) is 13.1 Å². The van der Waals surface area contributed by atoms with Crippen molar-refractivity contribution < 1.29 is 0 Å².